The van der Waals surface area contributed by atoms with Crippen LogP contribution in [0.3, 0.4) is 0 Å². The molecule has 1 unspecified atom stereocenters. The van der Waals surface area contributed by atoms with E-state index >= 15 is 0 Å². The molecule has 2 rings (SSSR count). The number of fused-ring (bicyclic) bond motifs is 1. The highest BCUT2D eigenvalue weighted by molar-refractivity contribution is 5.43. The van der Waals surface area contributed by atoms with Gasteiger partial charge in [0, 0.05) is 24.8 Å². The molecule has 1 N–H and O–H groups in total. The molecule has 1 aromatic rings. The maximum Gasteiger partial charge on any atom is 0.126 e. The Labute approximate surface area is 129 Å². The van der Waals surface area contributed by atoms with Crippen LogP contribution in [0.4, 0.5) is 0 Å². The Kier molecular flexibility index (Phi) is 6.52. The van der Waals surface area contributed by atoms with Gasteiger partial charge in [0.15, 0.2) is 0 Å². The zero-order valence-corrected chi connectivity index (χ0v) is 13.7. The highest BCUT2D eigenvalue weighted by atomic mass is 16.5. The summed E-state index contributed by atoms with van der Waals surface area (Å²) in [5.74, 6) is 1.70. The minimum Gasteiger partial charge on any atom is -0.493 e. The van der Waals surface area contributed by atoms with E-state index in [1.807, 2.05) is 0 Å². The van der Waals surface area contributed by atoms with Gasteiger partial charge in [-0.2, -0.15) is 0 Å². The summed E-state index contributed by atoms with van der Waals surface area (Å²) in [7, 11) is 0. The van der Waals surface area contributed by atoms with Gasteiger partial charge in [-0.3, -0.25) is 0 Å². The van der Waals surface area contributed by atoms with Crippen molar-refractivity contribution in [3.05, 3.63) is 29.3 Å². The van der Waals surface area contributed by atoms with Gasteiger partial charge < -0.3 is 14.8 Å². The molecule has 0 saturated heterocycles. The van der Waals surface area contributed by atoms with E-state index in [0.717, 1.165) is 51.4 Å². The van der Waals surface area contributed by atoms with Crippen LogP contribution in [-0.4, -0.2) is 26.4 Å². The second-order valence-corrected chi connectivity index (χ2v) is 6.31. The molecule has 3 heteroatoms. The van der Waals surface area contributed by atoms with Gasteiger partial charge in [-0.1, -0.05) is 32.0 Å². The van der Waals surface area contributed by atoms with Crippen LogP contribution >= 0.6 is 0 Å². The molecule has 0 saturated carbocycles. The average molecular weight is 291 g/mol. The van der Waals surface area contributed by atoms with Crippen LogP contribution in [0.1, 0.15) is 50.3 Å². The van der Waals surface area contributed by atoms with Crippen LogP contribution in [0.25, 0.3) is 0 Å². The molecular formula is C18H29NO2. The number of hydrogen-bond donors (Lipinski definition) is 1. The van der Waals surface area contributed by atoms with Crippen LogP contribution in [0.15, 0.2) is 18.2 Å². The fourth-order valence-electron chi connectivity index (χ4n) is 2.75. The Morgan fingerprint density at radius 2 is 2.24 bits per heavy atom. The number of nitrogens with one attached hydrogen (secondary N) is 1. The Balaban J connectivity index is 1.82. The molecule has 0 fully saturated rings. The standard InChI is InChI=1S/C18H29NO2/c1-14(2)13-20-11-6-10-19-17-9-5-12-21-18-15(3)7-4-8-16(17)18/h4,7-8,14,17,19H,5-6,9-13H2,1-3H3. The Morgan fingerprint density at radius 3 is 3.05 bits per heavy atom. The molecular weight excluding hydrogens is 262 g/mol. The summed E-state index contributed by atoms with van der Waals surface area (Å²) in [5.41, 5.74) is 2.55. The first-order valence-electron chi connectivity index (χ1n) is 8.22. The van der Waals surface area contributed by atoms with Crippen LogP contribution in [0.5, 0.6) is 5.75 Å². The molecule has 0 aromatic heterocycles. The second-order valence-electron chi connectivity index (χ2n) is 6.31. The fourth-order valence-corrected chi connectivity index (χ4v) is 2.75. The van der Waals surface area contributed by atoms with Crippen molar-refractivity contribution in [2.24, 2.45) is 5.92 Å². The molecule has 0 spiro atoms. The molecule has 1 aliphatic heterocycles. The van der Waals surface area contributed by atoms with Gasteiger partial charge in [0.2, 0.25) is 0 Å². The minimum atomic E-state index is 0.410. The van der Waals surface area contributed by atoms with E-state index in [2.05, 4.69) is 44.3 Å². The van der Waals surface area contributed by atoms with E-state index in [4.69, 9.17) is 9.47 Å². The summed E-state index contributed by atoms with van der Waals surface area (Å²) in [6.07, 6.45) is 3.31. The summed E-state index contributed by atoms with van der Waals surface area (Å²) in [5, 5.41) is 3.67. The maximum atomic E-state index is 5.92. The lowest BCUT2D eigenvalue weighted by molar-refractivity contribution is 0.107. The van der Waals surface area contributed by atoms with Crippen LogP contribution in [0, 0.1) is 12.8 Å². The van der Waals surface area contributed by atoms with Crippen molar-refractivity contribution in [3.8, 4) is 5.75 Å². The first kappa shape index (κ1) is 16.3. The van der Waals surface area contributed by atoms with E-state index in [-0.39, 0.29) is 0 Å². The zero-order chi connectivity index (χ0) is 15.1. The molecule has 0 radical (unpaired) electrons. The van der Waals surface area contributed by atoms with Crippen molar-refractivity contribution in [2.75, 3.05) is 26.4 Å². The van der Waals surface area contributed by atoms with Crippen LogP contribution in [0.2, 0.25) is 0 Å². The monoisotopic (exact) mass is 291 g/mol. The number of hydrogen-bond acceptors (Lipinski definition) is 3. The second kappa shape index (κ2) is 8.40. The molecule has 1 atom stereocenters. The summed E-state index contributed by atoms with van der Waals surface area (Å²) < 4.78 is 11.5. The average Bonchev–Trinajstić information content (AvgIpc) is 2.66. The van der Waals surface area contributed by atoms with Crippen molar-refractivity contribution in [1.29, 1.82) is 0 Å². The molecule has 0 amide bonds. The molecule has 118 valence electrons. The lowest BCUT2D eigenvalue weighted by atomic mass is 10.00. The number of rotatable bonds is 7. The van der Waals surface area contributed by atoms with Crippen molar-refractivity contribution in [1.82, 2.24) is 5.32 Å². The predicted octanol–water partition coefficient (Wildman–Crippen LogP) is 3.86. The van der Waals surface area contributed by atoms with E-state index in [9.17, 15) is 0 Å². The Bertz CT molecular complexity index is 431. The molecule has 21 heavy (non-hydrogen) atoms. The molecule has 1 aliphatic rings. The first-order valence-corrected chi connectivity index (χ1v) is 8.22. The van der Waals surface area contributed by atoms with E-state index in [1.165, 1.54) is 11.1 Å². The summed E-state index contributed by atoms with van der Waals surface area (Å²) in [6.45, 7) is 10.0. The first-order chi connectivity index (χ1) is 10.2. The fraction of sp³-hybridized carbons (Fsp3) is 0.667. The van der Waals surface area contributed by atoms with Crippen molar-refractivity contribution in [3.63, 3.8) is 0 Å². The minimum absolute atomic E-state index is 0.410. The van der Waals surface area contributed by atoms with Crippen molar-refractivity contribution < 1.29 is 9.47 Å². The van der Waals surface area contributed by atoms with Crippen LogP contribution in [-0.2, 0) is 4.74 Å². The van der Waals surface area contributed by atoms with Crippen molar-refractivity contribution >= 4 is 0 Å². The molecule has 3 nitrogen and oxygen atoms in total. The van der Waals surface area contributed by atoms with Gasteiger partial charge in [0.05, 0.1) is 6.61 Å². The van der Waals surface area contributed by atoms with Crippen molar-refractivity contribution in [2.45, 2.75) is 46.1 Å². The maximum absolute atomic E-state index is 5.92. The molecule has 1 heterocycles. The SMILES string of the molecule is Cc1cccc2c1OCCCC2NCCCOCC(C)C. The lowest BCUT2D eigenvalue weighted by Crippen LogP contribution is -2.23. The Hall–Kier alpha value is -1.06. The van der Waals surface area contributed by atoms with Gasteiger partial charge in [-0.15, -0.1) is 0 Å². The molecule has 1 aromatic carbocycles. The number of aryl methyl sites for hydroxylation is 1. The summed E-state index contributed by atoms with van der Waals surface area (Å²) in [6, 6.07) is 6.86. The van der Waals surface area contributed by atoms with Gasteiger partial charge in [-0.05, 0) is 44.2 Å². The normalized spacial score (nSPS) is 18.2. The number of ether oxygens (including phenoxy) is 2. The van der Waals surface area contributed by atoms with E-state index in [1.54, 1.807) is 0 Å². The third-order valence-corrected chi connectivity index (χ3v) is 3.81. The predicted molar refractivity (Wildman–Crippen MR) is 86.9 cm³/mol. The highest BCUT2D eigenvalue weighted by Gasteiger charge is 2.20. The topological polar surface area (TPSA) is 30.5 Å². The number of benzene rings is 1. The molecule has 0 aliphatic carbocycles. The zero-order valence-electron chi connectivity index (χ0n) is 13.7. The Morgan fingerprint density at radius 1 is 1.38 bits per heavy atom. The van der Waals surface area contributed by atoms with Crippen LogP contribution < -0.4 is 10.1 Å². The third-order valence-electron chi connectivity index (χ3n) is 3.81. The molecule has 0 bridgehead atoms. The highest BCUT2D eigenvalue weighted by Crippen LogP contribution is 2.33. The third kappa shape index (κ3) is 5.01. The summed E-state index contributed by atoms with van der Waals surface area (Å²) in [4.78, 5) is 0. The quantitative estimate of drug-likeness (QED) is 0.774. The van der Waals surface area contributed by atoms with Gasteiger partial charge >= 0.3 is 0 Å². The van der Waals surface area contributed by atoms with E-state index < -0.39 is 0 Å². The smallest absolute Gasteiger partial charge is 0.126 e. The van der Waals surface area contributed by atoms with Gasteiger partial charge in [0.25, 0.3) is 0 Å². The van der Waals surface area contributed by atoms with E-state index in [0.29, 0.717) is 12.0 Å². The lowest BCUT2D eigenvalue weighted by Gasteiger charge is -2.19. The van der Waals surface area contributed by atoms with Gasteiger partial charge in [-0.25, -0.2) is 0 Å². The summed E-state index contributed by atoms with van der Waals surface area (Å²) >= 11 is 0. The number of para-hydroxylation sites is 1. The van der Waals surface area contributed by atoms with Gasteiger partial charge in [0.1, 0.15) is 5.75 Å². The largest absolute Gasteiger partial charge is 0.493 e.